The lowest BCUT2D eigenvalue weighted by Gasteiger charge is -2.29. The van der Waals surface area contributed by atoms with Crippen LogP contribution in [0.1, 0.15) is 31.0 Å². The number of hydrogen-bond acceptors (Lipinski definition) is 7. The normalized spacial score (nSPS) is 16.1. The van der Waals surface area contributed by atoms with E-state index in [1.165, 1.54) is 44.6 Å². The van der Waals surface area contributed by atoms with Gasteiger partial charge in [-0.15, -0.1) is 0 Å². The number of hydrogen-bond donors (Lipinski definition) is 3. The monoisotopic (exact) mass is 488 g/mol. The van der Waals surface area contributed by atoms with E-state index in [0.29, 0.717) is 11.5 Å². The van der Waals surface area contributed by atoms with E-state index in [2.05, 4.69) is 24.5 Å². The first-order chi connectivity index (χ1) is 16.1. The maximum absolute atomic E-state index is 13.2. The van der Waals surface area contributed by atoms with E-state index in [1.807, 2.05) is 0 Å². The molecule has 3 N–H and O–H groups in total. The molecule has 182 valence electrons. The fourth-order valence-corrected chi connectivity index (χ4v) is 5.11. The third kappa shape index (κ3) is 5.51. The van der Waals surface area contributed by atoms with Crippen LogP contribution in [0.4, 0.5) is 4.79 Å². The van der Waals surface area contributed by atoms with Crippen LogP contribution in [0.25, 0.3) is 0 Å². The Kier molecular flexibility index (Phi) is 7.51. The van der Waals surface area contributed by atoms with Gasteiger partial charge in [0.1, 0.15) is 0 Å². The highest BCUT2D eigenvalue weighted by Crippen LogP contribution is 2.34. The van der Waals surface area contributed by atoms with Crippen LogP contribution in [0.15, 0.2) is 58.6 Å². The van der Waals surface area contributed by atoms with E-state index in [-0.39, 0.29) is 27.7 Å². The van der Waals surface area contributed by atoms with Crippen LogP contribution in [-0.4, -0.2) is 45.5 Å². The number of benzene rings is 2. The van der Waals surface area contributed by atoms with Crippen molar-refractivity contribution in [1.29, 1.82) is 0 Å². The number of carbonyl (C=O) groups excluding carboxylic acids is 2. The molecule has 9 nitrogen and oxygen atoms in total. The minimum atomic E-state index is -3.90. The minimum Gasteiger partial charge on any atom is -0.504 e. The molecule has 0 saturated heterocycles. The highest BCUT2D eigenvalue weighted by atomic mass is 32.2. The third-order valence-corrected chi connectivity index (χ3v) is 7.02. The van der Waals surface area contributed by atoms with Crippen molar-refractivity contribution in [3.05, 3.63) is 64.9 Å². The summed E-state index contributed by atoms with van der Waals surface area (Å²) in [6.45, 7) is 4.15. The smallest absolute Gasteiger partial charge is 0.338 e. The first kappa shape index (κ1) is 25.1. The Morgan fingerprint density at radius 1 is 1.12 bits per heavy atom. The molecule has 0 spiro atoms. The van der Waals surface area contributed by atoms with Gasteiger partial charge in [0.2, 0.25) is 0 Å². The van der Waals surface area contributed by atoms with E-state index < -0.39 is 33.6 Å². The number of rotatable bonds is 8. The Morgan fingerprint density at radius 2 is 1.79 bits per heavy atom. The number of esters is 1. The first-order valence-corrected chi connectivity index (χ1v) is 12.3. The lowest BCUT2D eigenvalue weighted by Crippen LogP contribution is -2.47. The van der Waals surface area contributed by atoms with Gasteiger partial charge in [0.05, 0.1) is 36.5 Å². The van der Waals surface area contributed by atoms with Gasteiger partial charge in [-0.3, -0.25) is 0 Å². The molecule has 10 heteroatoms. The second kappa shape index (κ2) is 10.2. The van der Waals surface area contributed by atoms with Gasteiger partial charge in [0, 0.05) is 5.70 Å². The highest BCUT2D eigenvalue weighted by Gasteiger charge is 2.36. The van der Waals surface area contributed by atoms with E-state index in [0.717, 1.165) is 12.0 Å². The Hall–Kier alpha value is -3.53. The Bertz CT molecular complexity index is 1220. The van der Waals surface area contributed by atoms with E-state index in [1.54, 1.807) is 12.1 Å². The van der Waals surface area contributed by atoms with Crippen LogP contribution in [0.5, 0.6) is 11.5 Å². The van der Waals surface area contributed by atoms with Gasteiger partial charge in [-0.25, -0.2) is 18.0 Å². The molecule has 0 saturated carbocycles. The van der Waals surface area contributed by atoms with Crippen LogP contribution in [-0.2, 0) is 25.8 Å². The molecule has 0 bridgehead atoms. The maximum atomic E-state index is 13.2. The molecule has 1 atom stereocenters. The summed E-state index contributed by atoms with van der Waals surface area (Å²) in [7, 11) is -1.37. The molecular weight excluding hydrogens is 460 g/mol. The molecular formula is C24H28N2O7S. The summed E-state index contributed by atoms with van der Waals surface area (Å²) in [6.07, 6.45) is 0.817. The quantitative estimate of drug-likeness (QED) is 0.487. The fourth-order valence-electron chi connectivity index (χ4n) is 3.78. The summed E-state index contributed by atoms with van der Waals surface area (Å²) in [4.78, 5) is 25.2. The number of phenolic OH excluding ortho intramolecular Hbond substituents is 1. The average molecular weight is 489 g/mol. The first-order valence-electron chi connectivity index (χ1n) is 10.6. The number of amides is 2. The number of aromatic hydroxyl groups is 1. The fraction of sp³-hybridized carbons (Fsp3) is 0.333. The Morgan fingerprint density at radius 3 is 2.38 bits per heavy atom. The molecule has 1 aliphatic rings. The van der Waals surface area contributed by atoms with Crippen LogP contribution in [0.2, 0.25) is 0 Å². The summed E-state index contributed by atoms with van der Waals surface area (Å²) in [5.41, 5.74) is 1.27. The third-order valence-electron chi connectivity index (χ3n) is 5.36. The van der Waals surface area contributed by atoms with Crippen molar-refractivity contribution < 1.29 is 32.6 Å². The molecule has 3 rings (SSSR count). The average Bonchev–Trinajstić information content (AvgIpc) is 2.78. The highest BCUT2D eigenvalue weighted by molar-refractivity contribution is 7.91. The number of ether oxygens (including phenoxy) is 2. The summed E-state index contributed by atoms with van der Waals surface area (Å²) in [5, 5.41) is 15.0. The number of urea groups is 1. The van der Waals surface area contributed by atoms with Crippen molar-refractivity contribution in [1.82, 2.24) is 10.6 Å². The van der Waals surface area contributed by atoms with Crippen molar-refractivity contribution in [2.24, 2.45) is 5.92 Å². The molecule has 2 aromatic rings. The van der Waals surface area contributed by atoms with Crippen molar-refractivity contribution >= 4 is 21.8 Å². The second-order valence-electron chi connectivity index (χ2n) is 8.35. The zero-order chi connectivity index (χ0) is 25.0. The topological polar surface area (TPSA) is 131 Å². The lowest BCUT2D eigenvalue weighted by molar-refractivity contribution is -0.136. The number of nitrogens with one attached hydrogen (secondary N) is 2. The molecule has 2 aromatic carbocycles. The maximum Gasteiger partial charge on any atom is 0.338 e. The largest absolute Gasteiger partial charge is 0.504 e. The summed E-state index contributed by atoms with van der Waals surface area (Å²) in [6, 6.07) is 9.17. The zero-order valence-corrected chi connectivity index (χ0v) is 20.2. The van der Waals surface area contributed by atoms with Crippen LogP contribution in [0, 0.1) is 5.92 Å². The van der Waals surface area contributed by atoms with Crippen LogP contribution in [0.3, 0.4) is 0 Å². The van der Waals surface area contributed by atoms with Gasteiger partial charge in [-0.1, -0.05) is 32.0 Å². The Balaban J connectivity index is 2.03. The van der Waals surface area contributed by atoms with Gasteiger partial charge in [-0.05, 0) is 47.7 Å². The van der Waals surface area contributed by atoms with Gasteiger partial charge >= 0.3 is 12.0 Å². The number of carbonyl (C=O) groups is 2. The van der Waals surface area contributed by atoms with Gasteiger partial charge in [-0.2, -0.15) is 0 Å². The predicted molar refractivity (Wildman–Crippen MR) is 125 cm³/mol. The van der Waals surface area contributed by atoms with Gasteiger partial charge in [0.25, 0.3) is 0 Å². The minimum absolute atomic E-state index is 0.0603. The van der Waals surface area contributed by atoms with Crippen LogP contribution >= 0.6 is 0 Å². The van der Waals surface area contributed by atoms with Crippen molar-refractivity contribution in [2.45, 2.75) is 31.2 Å². The van der Waals surface area contributed by atoms with Gasteiger partial charge < -0.3 is 25.2 Å². The predicted octanol–water partition coefficient (Wildman–Crippen LogP) is 2.85. The zero-order valence-electron chi connectivity index (χ0n) is 19.4. The van der Waals surface area contributed by atoms with E-state index in [4.69, 9.17) is 9.47 Å². The lowest BCUT2D eigenvalue weighted by atomic mass is 9.95. The number of sulfone groups is 1. The van der Waals surface area contributed by atoms with Crippen molar-refractivity contribution in [2.75, 3.05) is 20.0 Å². The molecule has 2 amide bonds. The molecule has 0 fully saturated rings. The van der Waals surface area contributed by atoms with Crippen LogP contribution < -0.4 is 15.4 Å². The number of methoxy groups -OCH3 is 2. The summed E-state index contributed by atoms with van der Waals surface area (Å²) >= 11 is 0. The van der Waals surface area contributed by atoms with Crippen molar-refractivity contribution in [3.8, 4) is 11.5 Å². The standard InChI is InChI=1S/C24H28N2O7S/c1-14(2)11-15-5-8-17(9-6-15)34(30,31)13-18-21(23(28)33-4)22(26-24(29)25-18)16-7-10-19(27)20(12-16)32-3/h5-10,12,14,22,27H,11,13H2,1-4H3,(H2,25,26,29). The molecule has 1 unspecified atom stereocenters. The molecule has 34 heavy (non-hydrogen) atoms. The Labute approximate surface area is 198 Å². The van der Waals surface area contributed by atoms with Crippen molar-refractivity contribution in [3.63, 3.8) is 0 Å². The van der Waals surface area contributed by atoms with E-state index in [9.17, 15) is 23.1 Å². The SMILES string of the molecule is COC(=O)C1=C(CS(=O)(=O)c2ccc(CC(C)C)cc2)NC(=O)NC1c1ccc(O)c(OC)c1. The molecule has 1 aliphatic heterocycles. The molecule has 1 heterocycles. The molecule has 0 aliphatic carbocycles. The summed E-state index contributed by atoms with van der Waals surface area (Å²) in [5.74, 6) is -0.984. The molecule has 0 radical (unpaired) electrons. The van der Waals surface area contributed by atoms with Gasteiger partial charge in [0.15, 0.2) is 21.3 Å². The van der Waals surface area contributed by atoms with E-state index >= 15 is 0 Å². The summed E-state index contributed by atoms with van der Waals surface area (Å²) < 4.78 is 36.4. The number of phenols is 1. The molecule has 0 aromatic heterocycles. The second-order valence-corrected chi connectivity index (χ2v) is 10.3.